The second kappa shape index (κ2) is 12.3. The summed E-state index contributed by atoms with van der Waals surface area (Å²) in [6.07, 6.45) is 4.77. The highest BCUT2D eigenvalue weighted by atomic mass is 35.5. The Hall–Kier alpha value is -2.05. The average Bonchev–Trinajstić information content (AvgIpc) is 3.29. The number of thioether (sulfide) groups is 1. The van der Waals surface area contributed by atoms with Crippen molar-refractivity contribution < 1.29 is 14.0 Å². The van der Waals surface area contributed by atoms with E-state index in [4.69, 9.17) is 11.6 Å². The maximum absolute atomic E-state index is 13.3. The van der Waals surface area contributed by atoms with Crippen LogP contribution < -0.4 is 5.32 Å². The number of hydrogen-bond acceptors (Lipinski definition) is 3. The second-order valence-electron chi connectivity index (χ2n) is 8.15. The molecule has 2 amide bonds. The van der Waals surface area contributed by atoms with E-state index in [0.717, 1.165) is 36.8 Å². The molecule has 0 saturated heterocycles. The van der Waals surface area contributed by atoms with Crippen LogP contribution in [-0.2, 0) is 21.9 Å². The summed E-state index contributed by atoms with van der Waals surface area (Å²) in [4.78, 5) is 28.0. The molecule has 4 nitrogen and oxygen atoms in total. The zero-order valence-corrected chi connectivity index (χ0v) is 19.9. The molecule has 2 aromatic rings. The molecular formula is C25H30ClFN2O2S. The number of carbonyl (C=O) groups is 2. The molecule has 0 bridgehead atoms. The van der Waals surface area contributed by atoms with Crippen molar-refractivity contribution in [1.29, 1.82) is 0 Å². The van der Waals surface area contributed by atoms with Gasteiger partial charge in [0.1, 0.15) is 11.9 Å². The van der Waals surface area contributed by atoms with Gasteiger partial charge in [0.2, 0.25) is 11.8 Å². The number of halogens is 2. The summed E-state index contributed by atoms with van der Waals surface area (Å²) in [5.41, 5.74) is 1.77. The molecule has 1 unspecified atom stereocenters. The molecule has 0 heterocycles. The predicted octanol–water partition coefficient (Wildman–Crippen LogP) is 5.58. The summed E-state index contributed by atoms with van der Waals surface area (Å²) in [6, 6.07) is 13.3. The first-order chi connectivity index (χ1) is 15.5. The summed E-state index contributed by atoms with van der Waals surface area (Å²) in [6.45, 7) is 2.21. The van der Waals surface area contributed by atoms with E-state index in [1.165, 1.54) is 23.9 Å². The topological polar surface area (TPSA) is 49.4 Å². The smallest absolute Gasteiger partial charge is 0.243 e. The van der Waals surface area contributed by atoms with Gasteiger partial charge in [0.25, 0.3) is 0 Å². The quantitative estimate of drug-likeness (QED) is 0.487. The molecule has 1 atom stereocenters. The lowest BCUT2D eigenvalue weighted by molar-refractivity contribution is -0.139. The van der Waals surface area contributed by atoms with Gasteiger partial charge in [0.05, 0.1) is 5.75 Å². The van der Waals surface area contributed by atoms with Gasteiger partial charge in [-0.2, -0.15) is 0 Å². The van der Waals surface area contributed by atoms with Crippen LogP contribution in [0.5, 0.6) is 0 Å². The number of carbonyl (C=O) groups excluding carboxylic acids is 2. The van der Waals surface area contributed by atoms with E-state index < -0.39 is 6.04 Å². The van der Waals surface area contributed by atoms with Crippen LogP contribution in [0, 0.1) is 5.82 Å². The molecule has 0 radical (unpaired) electrons. The molecule has 3 rings (SSSR count). The van der Waals surface area contributed by atoms with E-state index >= 15 is 0 Å². The Bertz CT molecular complexity index is 903. The Balaban J connectivity index is 1.70. The van der Waals surface area contributed by atoms with Crippen LogP contribution in [0.15, 0.2) is 48.5 Å². The van der Waals surface area contributed by atoms with Crippen molar-refractivity contribution in [2.75, 3.05) is 5.75 Å². The largest absolute Gasteiger partial charge is 0.352 e. The lowest BCUT2D eigenvalue weighted by atomic mass is 10.1. The molecule has 1 aliphatic carbocycles. The van der Waals surface area contributed by atoms with Crippen LogP contribution in [0.1, 0.15) is 50.2 Å². The maximum atomic E-state index is 13.3. The second-order valence-corrected chi connectivity index (χ2v) is 9.54. The molecule has 2 aromatic carbocycles. The van der Waals surface area contributed by atoms with Crippen molar-refractivity contribution in [3.05, 3.63) is 70.5 Å². The van der Waals surface area contributed by atoms with Crippen LogP contribution in [0.4, 0.5) is 4.39 Å². The third kappa shape index (κ3) is 6.97. The number of benzene rings is 2. The lowest BCUT2D eigenvalue weighted by Crippen LogP contribution is -2.51. The molecule has 172 valence electrons. The summed E-state index contributed by atoms with van der Waals surface area (Å²) < 4.78 is 13.1. The van der Waals surface area contributed by atoms with Crippen molar-refractivity contribution in [2.45, 2.75) is 63.4 Å². The van der Waals surface area contributed by atoms with Gasteiger partial charge in [-0.05, 0) is 48.6 Å². The minimum Gasteiger partial charge on any atom is -0.352 e. The van der Waals surface area contributed by atoms with Gasteiger partial charge in [-0.3, -0.25) is 9.59 Å². The molecule has 1 N–H and O–H groups in total. The van der Waals surface area contributed by atoms with Gasteiger partial charge in [-0.25, -0.2) is 4.39 Å². The summed E-state index contributed by atoms with van der Waals surface area (Å²) in [5.74, 6) is 0.347. The SMILES string of the molecule is CCC(C(=O)NC1CCCC1)N(Cc1ccccc1Cl)C(=O)CSCc1ccc(F)cc1. The molecule has 0 spiro atoms. The minimum atomic E-state index is -0.550. The van der Waals surface area contributed by atoms with E-state index in [1.807, 2.05) is 25.1 Å². The van der Waals surface area contributed by atoms with Gasteiger partial charge in [-0.15, -0.1) is 11.8 Å². The molecule has 0 aromatic heterocycles. The summed E-state index contributed by atoms with van der Waals surface area (Å²) >= 11 is 7.82. The first-order valence-corrected chi connectivity index (χ1v) is 12.7. The van der Waals surface area contributed by atoms with Crippen molar-refractivity contribution >= 4 is 35.2 Å². The monoisotopic (exact) mass is 476 g/mol. The zero-order chi connectivity index (χ0) is 22.9. The molecule has 1 aliphatic rings. The third-order valence-corrected chi connectivity index (χ3v) is 7.15. The molecule has 0 aliphatic heterocycles. The highest BCUT2D eigenvalue weighted by Crippen LogP contribution is 2.23. The fourth-order valence-electron chi connectivity index (χ4n) is 4.02. The Kier molecular flexibility index (Phi) is 9.42. The Morgan fingerprint density at radius 1 is 1.16 bits per heavy atom. The number of nitrogens with one attached hydrogen (secondary N) is 1. The summed E-state index contributed by atoms with van der Waals surface area (Å²) in [5, 5.41) is 3.72. The third-order valence-electron chi connectivity index (χ3n) is 5.79. The van der Waals surface area contributed by atoms with Gasteiger partial charge in [-0.1, -0.05) is 61.7 Å². The molecule has 32 heavy (non-hydrogen) atoms. The van der Waals surface area contributed by atoms with Crippen LogP contribution in [0.2, 0.25) is 5.02 Å². The van der Waals surface area contributed by atoms with Gasteiger partial charge < -0.3 is 10.2 Å². The van der Waals surface area contributed by atoms with Gasteiger partial charge >= 0.3 is 0 Å². The normalized spacial score (nSPS) is 14.8. The fraction of sp³-hybridized carbons (Fsp3) is 0.440. The van der Waals surface area contributed by atoms with Crippen LogP contribution in [0.3, 0.4) is 0 Å². The van der Waals surface area contributed by atoms with E-state index in [1.54, 1.807) is 23.1 Å². The Morgan fingerprint density at radius 2 is 1.84 bits per heavy atom. The maximum Gasteiger partial charge on any atom is 0.243 e. The number of amides is 2. The fourth-order valence-corrected chi connectivity index (χ4v) is 5.08. The highest BCUT2D eigenvalue weighted by molar-refractivity contribution is 7.99. The number of nitrogens with zero attached hydrogens (tertiary/aromatic N) is 1. The van der Waals surface area contributed by atoms with Crippen molar-refractivity contribution in [2.24, 2.45) is 0 Å². The van der Waals surface area contributed by atoms with Crippen LogP contribution in [-0.4, -0.2) is 34.6 Å². The summed E-state index contributed by atoms with van der Waals surface area (Å²) in [7, 11) is 0. The molecular weight excluding hydrogens is 447 g/mol. The van der Waals surface area contributed by atoms with Gasteiger partial charge in [0.15, 0.2) is 0 Å². The van der Waals surface area contributed by atoms with Crippen molar-refractivity contribution in [3.8, 4) is 0 Å². The molecule has 1 fully saturated rings. The van der Waals surface area contributed by atoms with Crippen molar-refractivity contribution in [1.82, 2.24) is 10.2 Å². The predicted molar refractivity (Wildman–Crippen MR) is 129 cm³/mol. The Labute approximate surface area is 198 Å². The van der Waals surface area contributed by atoms with Gasteiger partial charge in [0, 0.05) is 23.4 Å². The standard InChI is InChI=1S/C25H30ClFN2O2S/c1-2-23(25(31)28-21-8-4-5-9-21)29(15-19-7-3-6-10-22(19)26)24(30)17-32-16-18-11-13-20(27)14-12-18/h3,6-7,10-14,21,23H,2,4-5,8-9,15-17H2,1H3,(H,28,31). The van der Waals surface area contributed by atoms with E-state index in [9.17, 15) is 14.0 Å². The van der Waals surface area contributed by atoms with Crippen LogP contribution >= 0.6 is 23.4 Å². The van der Waals surface area contributed by atoms with E-state index in [-0.39, 0.29) is 36.0 Å². The minimum absolute atomic E-state index is 0.0941. The zero-order valence-electron chi connectivity index (χ0n) is 18.4. The van der Waals surface area contributed by atoms with Crippen LogP contribution in [0.25, 0.3) is 0 Å². The average molecular weight is 477 g/mol. The van der Waals surface area contributed by atoms with Crippen molar-refractivity contribution in [3.63, 3.8) is 0 Å². The first-order valence-electron chi connectivity index (χ1n) is 11.1. The Morgan fingerprint density at radius 3 is 2.50 bits per heavy atom. The number of rotatable bonds is 10. The van der Waals surface area contributed by atoms with E-state index in [2.05, 4.69) is 5.32 Å². The lowest BCUT2D eigenvalue weighted by Gasteiger charge is -2.31. The van der Waals surface area contributed by atoms with E-state index in [0.29, 0.717) is 17.2 Å². The highest BCUT2D eigenvalue weighted by Gasteiger charge is 2.30. The molecule has 1 saturated carbocycles. The number of hydrogen-bond donors (Lipinski definition) is 1. The first kappa shape index (κ1) is 24.6. The molecule has 7 heteroatoms.